The van der Waals surface area contributed by atoms with E-state index in [0.29, 0.717) is 24.9 Å². The molecule has 2 aromatic rings. The highest BCUT2D eigenvalue weighted by Crippen LogP contribution is 2.13. The molecule has 2 heterocycles. The van der Waals surface area contributed by atoms with Gasteiger partial charge in [0.05, 0.1) is 5.01 Å². The maximum absolute atomic E-state index is 13.2. The molecule has 1 aromatic carbocycles. The number of imide groups is 1. The molecule has 0 radical (unpaired) electrons. The summed E-state index contributed by atoms with van der Waals surface area (Å²) < 4.78 is 13.2. The first-order valence-electron chi connectivity index (χ1n) is 9.04. The fraction of sp³-hybridized carbons (Fsp3) is 0.368. The molecule has 1 aliphatic rings. The van der Waals surface area contributed by atoms with Crippen LogP contribution >= 0.6 is 11.3 Å². The highest BCUT2D eigenvalue weighted by Gasteiger charge is 2.37. The molecule has 9 heteroatoms. The highest BCUT2D eigenvalue weighted by atomic mass is 32.1. The Morgan fingerprint density at radius 1 is 1.32 bits per heavy atom. The first-order valence-corrected chi connectivity index (χ1v) is 9.92. The number of aromatic nitrogens is 1. The van der Waals surface area contributed by atoms with E-state index in [2.05, 4.69) is 15.6 Å². The van der Waals surface area contributed by atoms with Crippen molar-refractivity contribution in [2.24, 2.45) is 0 Å². The van der Waals surface area contributed by atoms with Crippen molar-refractivity contribution in [3.05, 3.63) is 52.2 Å². The SMILES string of the molecule is O=C(CC[C@H]1NC(=O)N(CCc2cccc(F)c2)C1=O)NCCc1nccs1. The van der Waals surface area contributed by atoms with Crippen LogP contribution in [-0.4, -0.2) is 46.9 Å². The lowest BCUT2D eigenvalue weighted by molar-refractivity contribution is -0.127. The number of urea groups is 1. The van der Waals surface area contributed by atoms with E-state index < -0.39 is 12.1 Å². The predicted molar refractivity (Wildman–Crippen MR) is 102 cm³/mol. The summed E-state index contributed by atoms with van der Waals surface area (Å²) in [5.74, 6) is -0.873. The Morgan fingerprint density at radius 2 is 2.18 bits per heavy atom. The molecule has 2 N–H and O–H groups in total. The first kappa shape index (κ1) is 19.9. The van der Waals surface area contributed by atoms with Gasteiger partial charge in [-0.1, -0.05) is 12.1 Å². The van der Waals surface area contributed by atoms with E-state index in [9.17, 15) is 18.8 Å². The van der Waals surface area contributed by atoms with Gasteiger partial charge in [-0.25, -0.2) is 14.2 Å². The Labute approximate surface area is 166 Å². The number of carbonyl (C=O) groups is 3. The maximum atomic E-state index is 13.2. The molecule has 1 fully saturated rings. The van der Waals surface area contributed by atoms with Gasteiger partial charge in [-0.15, -0.1) is 11.3 Å². The molecule has 1 atom stereocenters. The molecular weight excluding hydrogens is 383 g/mol. The minimum atomic E-state index is -0.704. The molecule has 0 saturated carbocycles. The van der Waals surface area contributed by atoms with E-state index in [-0.39, 0.29) is 37.0 Å². The van der Waals surface area contributed by atoms with E-state index in [1.54, 1.807) is 18.3 Å². The number of hydrogen-bond donors (Lipinski definition) is 2. The minimum absolute atomic E-state index is 0.145. The number of carbonyl (C=O) groups excluding carboxylic acids is 3. The molecule has 1 saturated heterocycles. The van der Waals surface area contributed by atoms with Gasteiger partial charge in [0, 0.05) is 37.5 Å². The molecule has 148 valence electrons. The summed E-state index contributed by atoms with van der Waals surface area (Å²) in [6.07, 6.45) is 3.14. The van der Waals surface area contributed by atoms with Gasteiger partial charge in [-0.3, -0.25) is 14.5 Å². The van der Waals surface area contributed by atoms with Crippen LogP contribution in [0.2, 0.25) is 0 Å². The summed E-state index contributed by atoms with van der Waals surface area (Å²) in [7, 11) is 0. The third-order valence-electron chi connectivity index (χ3n) is 4.42. The Balaban J connectivity index is 1.40. The normalized spacial score (nSPS) is 16.3. The molecule has 0 spiro atoms. The summed E-state index contributed by atoms with van der Waals surface area (Å²) in [5, 5.41) is 8.23. The van der Waals surface area contributed by atoms with Crippen LogP contribution in [0.25, 0.3) is 0 Å². The summed E-state index contributed by atoms with van der Waals surface area (Å²) in [6, 6.07) is 4.88. The zero-order valence-electron chi connectivity index (χ0n) is 15.2. The van der Waals surface area contributed by atoms with Gasteiger partial charge in [-0.05, 0) is 30.5 Å². The number of rotatable bonds is 9. The topological polar surface area (TPSA) is 91.4 Å². The van der Waals surface area contributed by atoms with Crippen molar-refractivity contribution < 1.29 is 18.8 Å². The summed E-state index contributed by atoms with van der Waals surface area (Å²) in [6.45, 7) is 0.654. The van der Waals surface area contributed by atoms with Crippen molar-refractivity contribution >= 4 is 29.2 Å². The van der Waals surface area contributed by atoms with Crippen LogP contribution in [0.3, 0.4) is 0 Å². The minimum Gasteiger partial charge on any atom is -0.356 e. The molecule has 4 amide bonds. The summed E-state index contributed by atoms with van der Waals surface area (Å²) in [5.41, 5.74) is 0.712. The highest BCUT2D eigenvalue weighted by molar-refractivity contribution is 7.09. The second-order valence-corrected chi connectivity index (χ2v) is 7.42. The number of halogens is 1. The monoisotopic (exact) mass is 404 g/mol. The van der Waals surface area contributed by atoms with Crippen molar-refractivity contribution in [2.45, 2.75) is 31.7 Å². The van der Waals surface area contributed by atoms with Crippen LogP contribution in [0.4, 0.5) is 9.18 Å². The van der Waals surface area contributed by atoms with Gasteiger partial charge in [0.25, 0.3) is 5.91 Å². The second kappa shape index (κ2) is 9.41. The average molecular weight is 404 g/mol. The zero-order chi connectivity index (χ0) is 19.9. The van der Waals surface area contributed by atoms with Crippen molar-refractivity contribution in [1.82, 2.24) is 20.5 Å². The Hall–Kier alpha value is -2.81. The van der Waals surface area contributed by atoms with Gasteiger partial charge in [0.2, 0.25) is 5.91 Å². The van der Waals surface area contributed by atoms with E-state index in [4.69, 9.17) is 0 Å². The van der Waals surface area contributed by atoms with E-state index in [0.717, 1.165) is 9.91 Å². The van der Waals surface area contributed by atoms with Crippen LogP contribution in [-0.2, 0) is 22.4 Å². The third kappa shape index (κ3) is 5.35. The van der Waals surface area contributed by atoms with Gasteiger partial charge < -0.3 is 10.6 Å². The molecule has 0 bridgehead atoms. The number of amides is 4. The lowest BCUT2D eigenvalue weighted by atomic mass is 10.1. The van der Waals surface area contributed by atoms with Gasteiger partial charge >= 0.3 is 6.03 Å². The number of thiazole rings is 1. The van der Waals surface area contributed by atoms with Crippen LogP contribution in [0.5, 0.6) is 0 Å². The number of benzene rings is 1. The lowest BCUT2D eigenvalue weighted by Crippen LogP contribution is -2.34. The van der Waals surface area contributed by atoms with E-state index in [1.165, 1.54) is 23.5 Å². The van der Waals surface area contributed by atoms with Crippen LogP contribution in [0, 0.1) is 5.82 Å². The average Bonchev–Trinajstić information content (AvgIpc) is 3.27. The van der Waals surface area contributed by atoms with Crippen LogP contribution in [0.1, 0.15) is 23.4 Å². The Bertz CT molecular complexity index is 843. The summed E-state index contributed by atoms with van der Waals surface area (Å²) in [4.78, 5) is 41.7. The predicted octanol–water partition coefficient (Wildman–Crippen LogP) is 1.88. The molecule has 28 heavy (non-hydrogen) atoms. The molecule has 0 unspecified atom stereocenters. The fourth-order valence-corrected chi connectivity index (χ4v) is 3.59. The molecule has 1 aliphatic heterocycles. The van der Waals surface area contributed by atoms with Gasteiger partial charge in [-0.2, -0.15) is 0 Å². The maximum Gasteiger partial charge on any atom is 0.324 e. The van der Waals surface area contributed by atoms with Crippen LogP contribution < -0.4 is 10.6 Å². The van der Waals surface area contributed by atoms with E-state index >= 15 is 0 Å². The van der Waals surface area contributed by atoms with Crippen LogP contribution in [0.15, 0.2) is 35.8 Å². The number of hydrogen-bond acceptors (Lipinski definition) is 5. The summed E-state index contributed by atoms with van der Waals surface area (Å²) >= 11 is 1.53. The first-order chi connectivity index (χ1) is 13.5. The van der Waals surface area contributed by atoms with E-state index in [1.807, 2.05) is 5.38 Å². The van der Waals surface area contributed by atoms with Crippen molar-refractivity contribution in [2.75, 3.05) is 13.1 Å². The third-order valence-corrected chi connectivity index (χ3v) is 5.26. The fourth-order valence-electron chi connectivity index (χ4n) is 2.97. The van der Waals surface area contributed by atoms with Gasteiger partial charge in [0.15, 0.2) is 0 Å². The smallest absolute Gasteiger partial charge is 0.324 e. The van der Waals surface area contributed by atoms with Crippen molar-refractivity contribution in [1.29, 1.82) is 0 Å². The van der Waals surface area contributed by atoms with Crippen molar-refractivity contribution in [3.8, 4) is 0 Å². The Morgan fingerprint density at radius 3 is 2.93 bits per heavy atom. The van der Waals surface area contributed by atoms with Gasteiger partial charge in [0.1, 0.15) is 11.9 Å². The molecule has 1 aromatic heterocycles. The lowest BCUT2D eigenvalue weighted by Gasteiger charge is -2.13. The quantitative estimate of drug-likeness (QED) is 0.625. The molecule has 7 nitrogen and oxygen atoms in total. The van der Waals surface area contributed by atoms with Crippen molar-refractivity contribution in [3.63, 3.8) is 0 Å². The molecule has 3 rings (SSSR count). The number of nitrogens with zero attached hydrogens (tertiary/aromatic N) is 2. The molecule has 0 aliphatic carbocycles. The largest absolute Gasteiger partial charge is 0.356 e. The Kier molecular flexibility index (Phi) is 6.70. The molecular formula is C19H21FN4O3S. The number of nitrogens with one attached hydrogen (secondary N) is 2. The standard InChI is InChI=1S/C19H21FN4O3S/c20-14-3-1-2-13(12-14)7-10-24-18(26)15(23-19(24)27)4-5-16(25)21-8-6-17-22-9-11-28-17/h1-3,9,11-12,15H,4-8,10H2,(H,21,25)(H,23,27)/t15-/m1/s1. The zero-order valence-corrected chi connectivity index (χ0v) is 16.0. The second-order valence-electron chi connectivity index (χ2n) is 6.44.